The van der Waals surface area contributed by atoms with E-state index in [0.29, 0.717) is 11.5 Å². The van der Waals surface area contributed by atoms with Gasteiger partial charge in [0.05, 0.1) is 23.2 Å². The van der Waals surface area contributed by atoms with Crippen molar-refractivity contribution in [3.63, 3.8) is 0 Å². The van der Waals surface area contributed by atoms with Crippen molar-refractivity contribution in [3.05, 3.63) is 222 Å². The molecule has 0 N–H and O–H groups in total. The molecule has 0 bridgehead atoms. The smallest absolute Gasteiger partial charge is 0.187 e. The van der Waals surface area contributed by atoms with Gasteiger partial charge in [0.1, 0.15) is 11.5 Å². The van der Waals surface area contributed by atoms with Crippen molar-refractivity contribution >= 4 is 16.6 Å². The van der Waals surface area contributed by atoms with Gasteiger partial charge in [0.25, 0.3) is 0 Å². The zero-order valence-corrected chi connectivity index (χ0v) is 30.1. The minimum absolute atomic E-state index is 0.514. The summed E-state index contributed by atoms with van der Waals surface area (Å²) < 4.78 is 6.92. The third-order valence-electron chi connectivity index (χ3n) is 11.4. The van der Waals surface area contributed by atoms with Crippen LogP contribution >= 0.6 is 0 Å². The van der Waals surface area contributed by atoms with E-state index in [1.807, 2.05) is 42.5 Å². The molecule has 260 valence electrons. The first kappa shape index (κ1) is 31.9. The first-order chi connectivity index (χ1) is 27.7. The Balaban J connectivity index is 1.03. The average molecular weight is 714 g/mol. The largest absolute Gasteiger partial charge is 0.456 e. The van der Waals surface area contributed by atoms with Gasteiger partial charge in [-0.25, -0.2) is 14.8 Å². The Morgan fingerprint density at radius 2 is 1.04 bits per heavy atom. The van der Waals surface area contributed by atoms with E-state index in [0.717, 1.165) is 72.6 Å². The van der Waals surface area contributed by atoms with Crippen molar-refractivity contribution in [2.75, 3.05) is 0 Å². The molecule has 1 aliphatic heterocycles. The van der Waals surface area contributed by atoms with Crippen LogP contribution in [-0.4, -0.2) is 9.97 Å². The summed E-state index contributed by atoms with van der Waals surface area (Å²) in [5.74, 6) is 2.40. The predicted octanol–water partition coefficient (Wildman–Crippen LogP) is 13.3. The monoisotopic (exact) mass is 713 g/mol. The second-order valence-electron chi connectivity index (χ2n) is 14.4. The van der Waals surface area contributed by atoms with Crippen molar-refractivity contribution in [2.24, 2.45) is 0 Å². The molecule has 1 aromatic heterocycles. The maximum absolute atomic E-state index is 7.49. The van der Waals surface area contributed by atoms with Gasteiger partial charge < -0.3 is 4.74 Å². The Hall–Kier alpha value is -7.61. The fourth-order valence-corrected chi connectivity index (χ4v) is 8.93. The highest BCUT2D eigenvalue weighted by atomic mass is 16.5. The number of hydrogen-bond acceptors (Lipinski definition) is 3. The number of para-hydroxylation sites is 3. The molecule has 0 saturated carbocycles. The molecule has 56 heavy (non-hydrogen) atoms. The van der Waals surface area contributed by atoms with E-state index in [2.05, 4.69) is 150 Å². The van der Waals surface area contributed by atoms with Crippen molar-refractivity contribution in [2.45, 2.75) is 5.41 Å². The van der Waals surface area contributed by atoms with Gasteiger partial charge in [-0.15, -0.1) is 0 Å². The summed E-state index contributed by atoms with van der Waals surface area (Å²) in [6.45, 7) is 7.49. The lowest BCUT2D eigenvalue weighted by Gasteiger charge is -2.40. The topological polar surface area (TPSA) is 39.4 Å². The zero-order valence-electron chi connectivity index (χ0n) is 30.1. The zero-order chi connectivity index (χ0) is 37.2. The first-order valence-corrected chi connectivity index (χ1v) is 18.8. The average Bonchev–Trinajstić information content (AvgIpc) is 3.56. The fourth-order valence-electron chi connectivity index (χ4n) is 8.93. The van der Waals surface area contributed by atoms with Gasteiger partial charge in [-0.05, 0) is 63.2 Å². The van der Waals surface area contributed by atoms with Gasteiger partial charge in [-0.1, -0.05) is 164 Å². The van der Waals surface area contributed by atoms with Crippen molar-refractivity contribution in [1.29, 1.82) is 0 Å². The molecule has 8 aromatic carbocycles. The van der Waals surface area contributed by atoms with E-state index in [1.165, 1.54) is 22.3 Å². The molecule has 11 rings (SSSR count). The summed E-state index contributed by atoms with van der Waals surface area (Å²) >= 11 is 0. The summed E-state index contributed by atoms with van der Waals surface area (Å²) in [5, 5.41) is 0.984. The molecular weight excluding hydrogens is 683 g/mol. The summed E-state index contributed by atoms with van der Waals surface area (Å²) in [4.78, 5) is 13.9. The van der Waals surface area contributed by atoms with Crippen LogP contribution in [0.3, 0.4) is 0 Å². The maximum atomic E-state index is 7.49. The molecule has 2 heterocycles. The lowest BCUT2D eigenvalue weighted by Crippen LogP contribution is -2.32. The summed E-state index contributed by atoms with van der Waals surface area (Å²) in [7, 11) is 0. The summed E-state index contributed by atoms with van der Waals surface area (Å²) in [6.07, 6.45) is 0. The number of benzene rings is 8. The highest BCUT2D eigenvalue weighted by Crippen LogP contribution is 2.63. The number of nitrogens with zero attached hydrogens (tertiary/aromatic N) is 3. The van der Waals surface area contributed by atoms with Crippen LogP contribution in [0.5, 0.6) is 11.5 Å². The molecule has 1 aliphatic carbocycles. The Morgan fingerprint density at radius 3 is 1.82 bits per heavy atom. The number of rotatable bonds is 4. The van der Waals surface area contributed by atoms with Crippen LogP contribution in [0.25, 0.3) is 71.8 Å². The van der Waals surface area contributed by atoms with Crippen LogP contribution in [-0.2, 0) is 5.41 Å². The van der Waals surface area contributed by atoms with Gasteiger partial charge in [0.15, 0.2) is 11.5 Å². The molecular formula is C52H31N3O. The fraction of sp³-hybridized carbons (Fsp3) is 0.0192. The Bertz CT molecular complexity index is 3040. The molecule has 0 radical (unpaired) electrons. The van der Waals surface area contributed by atoms with Gasteiger partial charge >= 0.3 is 0 Å². The number of aromatic nitrogens is 2. The molecule has 0 atom stereocenters. The van der Waals surface area contributed by atoms with E-state index in [1.54, 1.807) is 0 Å². The summed E-state index contributed by atoms with van der Waals surface area (Å²) in [6, 6.07) is 65.5. The van der Waals surface area contributed by atoms with Crippen LogP contribution in [0.15, 0.2) is 188 Å². The number of hydrogen-bond donors (Lipinski definition) is 0. The van der Waals surface area contributed by atoms with E-state index in [9.17, 15) is 0 Å². The first-order valence-electron chi connectivity index (χ1n) is 18.8. The second kappa shape index (κ2) is 12.5. The Morgan fingerprint density at radius 1 is 0.446 bits per heavy atom. The van der Waals surface area contributed by atoms with Crippen LogP contribution in [0, 0.1) is 6.57 Å². The van der Waals surface area contributed by atoms with Gasteiger partial charge in [-0.3, -0.25) is 0 Å². The minimum Gasteiger partial charge on any atom is -0.456 e. The third-order valence-corrected chi connectivity index (χ3v) is 11.4. The molecule has 4 nitrogen and oxygen atoms in total. The standard InChI is InChI=1S/C52H31N3O/c1-53-38-16-11-14-36(32-38)35-13-10-15-37(31-35)49-42-19-4-8-25-47(42)54-51(55-49)34-29-27-33(28-30-34)39-20-12-24-46-50(39)56-48-26-9-7-23-45(48)52(46)43-21-5-2-17-40(43)41-18-3-6-22-44(41)52/h2-32H. The molecule has 1 spiro atoms. The maximum Gasteiger partial charge on any atom is 0.187 e. The van der Waals surface area contributed by atoms with Crippen molar-refractivity contribution in [1.82, 2.24) is 9.97 Å². The highest BCUT2D eigenvalue weighted by molar-refractivity contribution is 5.95. The van der Waals surface area contributed by atoms with Gasteiger partial charge in [-0.2, -0.15) is 0 Å². The normalized spacial score (nSPS) is 12.9. The number of ether oxygens (including phenoxy) is 1. The third kappa shape index (κ3) is 4.71. The van der Waals surface area contributed by atoms with Crippen LogP contribution in [0.2, 0.25) is 0 Å². The molecule has 0 fully saturated rings. The SMILES string of the molecule is [C-]#[N+]c1cccc(-c2cccc(-c3nc(-c4ccc(-c5cccc6c5Oc5ccccc5C65c6ccccc6-c6ccccc65)cc4)nc4ccccc34)c2)c1. The van der Waals surface area contributed by atoms with Crippen molar-refractivity contribution < 1.29 is 4.74 Å². The van der Waals surface area contributed by atoms with Gasteiger partial charge in [0.2, 0.25) is 0 Å². The molecule has 0 amide bonds. The van der Waals surface area contributed by atoms with Crippen LogP contribution in [0.4, 0.5) is 5.69 Å². The quantitative estimate of drug-likeness (QED) is 0.170. The van der Waals surface area contributed by atoms with E-state index in [4.69, 9.17) is 21.3 Å². The molecule has 2 aliphatic rings. The van der Waals surface area contributed by atoms with Crippen molar-refractivity contribution in [3.8, 4) is 67.5 Å². The minimum atomic E-state index is -0.514. The van der Waals surface area contributed by atoms with E-state index in [-0.39, 0.29) is 0 Å². The molecule has 4 heteroatoms. The van der Waals surface area contributed by atoms with Crippen LogP contribution < -0.4 is 4.74 Å². The molecule has 0 saturated heterocycles. The summed E-state index contributed by atoms with van der Waals surface area (Å²) in [5.41, 5.74) is 15.2. The highest BCUT2D eigenvalue weighted by Gasteiger charge is 2.51. The lowest BCUT2D eigenvalue weighted by molar-refractivity contribution is 0.438. The Kier molecular flexibility index (Phi) is 7.10. The van der Waals surface area contributed by atoms with Crippen LogP contribution in [0.1, 0.15) is 22.3 Å². The van der Waals surface area contributed by atoms with Gasteiger partial charge in [0, 0.05) is 33.2 Å². The molecule has 9 aromatic rings. The lowest BCUT2D eigenvalue weighted by atomic mass is 9.65. The Labute approximate surface area is 324 Å². The second-order valence-corrected chi connectivity index (χ2v) is 14.4. The molecule has 0 unspecified atom stereocenters. The number of fused-ring (bicyclic) bond motifs is 10. The predicted molar refractivity (Wildman–Crippen MR) is 225 cm³/mol. The van der Waals surface area contributed by atoms with E-state index < -0.39 is 5.41 Å². The van der Waals surface area contributed by atoms with E-state index >= 15 is 0 Å².